The van der Waals surface area contributed by atoms with Crippen LogP contribution in [0, 0.1) is 6.92 Å². The Balaban J connectivity index is 0.000000277. The van der Waals surface area contributed by atoms with Gasteiger partial charge in [-0.05, 0) is 24.6 Å². The number of aliphatic carboxylic acids is 2. The number of fused-ring (bicyclic) bond motifs is 1. The van der Waals surface area contributed by atoms with Gasteiger partial charge in [-0.3, -0.25) is 4.99 Å². The van der Waals surface area contributed by atoms with Gasteiger partial charge < -0.3 is 20.4 Å². The lowest BCUT2D eigenvalue weighted by atomic mass is 10.2. The average Bonchev–Trinajstić information content (AvgIpc) is 3.02. The van der Waals surface area contributed by atoms with Crippen molar-refractivity contribution >= 4 is 35.2 Å². The molecule has 0 radical (unpaired) electrons. The Hall–Kier alpha value is -2.22. The molecule has 1 atom stereocenters. The number of rotatable bonds is 1. The van der Waals surface area contributed by atoms with Crippen LogP contribution in [0.4, 0.5) is 5.69 Å². The summed E-state index contributed by atoms with van der Waals surface area (Å²) < 4.78 is 0. The second kappa shape index (κ2) is 7.36. The number of aliphatic imine (C=N–C) groups is 1. The molecule has 0 saturated carbocycles. The molecule has 1 unspecified atom stereocenters. The van der Waals surface area contributed by atoms with Crippen molar-refractivity contribution in [3.05, 3.63) is 23.8 Å². The first-order valence-corrected chi connectivity index (χ1v) is 7.99. The van der Waals surface area contributed by atoms with Gasteiger partial charge in [-0.1, -0.05) is 6.07 Å². The average molecular weight is 337 g/mol. The van der Waals surface area contributed by atoms with Crippen LogP contribution >= 0.6 is 11.8 Å². The van der Waals surface area contributed by atoms with E-state index in [1.54, 1.807) is 0 Å². The van der Waals surface area contributed by atoms with Crippen LogP contribution < -0.4 is 10.2 Å². The molecule has 0 amide bonds. The van der Waals surface area contributed by atoms with Crippen molar-refractivity contribution in [2.24, 2.45) is 4.99 Å². The highest BCUT2D eigenvalue weighted by Crippen LogP contribution is 2.38. The molecule has 2 aliphatic rings. The summed E-state index contributed by atoms with van der Waals surface area (Å²) in [7, 11) is 2.17. The van der Waals surface area contributed by atoms with Crippen molar-refractivity contribution in [3.8, 4) is 0 Å². The van der Waals surface area contributed by atoms with Gasteiger partial charge >= 0.3 is 11.9 Å². The van der Waals surface area contributed by atoms with Crippen LogP contribution in [0.2, 0.25) is 0 Å². The standard InChI is InChI=1S/C13H17N3S.C2H2O4/c1-9-3-4-11-10(7-9)16(2)8-12(17-11)13-14-5-6-15-13;3-1(4)2(5)6/h3-4,7,12H,5-6,8H2,1-2H3,(H,14,15);(H,3,4)(H,5,6). The van der Waals surface area contributed by atoms with Crippen molar-refractivity contribution in [1.29, 1.82) is 0 Å². The van der Waals surface area contributed by atoms with E-state index in [-0.39, 0.29) is 0 Å². The summed E-state index contributed by atoms with van der Waals surface area (Å²) in [5.41, 5.74) is 2.68. The summed E-state index contributed by atoms with van der Waals surface area (Å²) >= 11 is 1.93. The molecule has 0 saturated heterocycles. The predicted molar refractivity (Wildman–Crippen MR) is 89.7 cm³/mol. The quantitative estimate of drug-likeness (QED) is 0.659. The number of hydrogen-bond donors (Lipinski definition) is 3. The maximum Gasteiger partial charge on any atom is 0.414 e. The Labute approximate surface area is 138 Å². The SMILES string of the molecule is Cc1ccc2c(c1)N(C)CC(C1=NCCN1)S2.O=C(O)C(=O)O. The predicted octanol–water partition coefficient (Wildman–Crippen LogP) is 1.06. The number of thioether (sulfide) groups is 1. The maximum absolute atomic E-state index is 9.10. The highest BCUT2D eigenvalue weighted by atomic mass is 32.2. The minimum atomic E-state index is -1.82. The largest absolute Gasteiger partial charge is 0.473 e. The summed E-state index contributed by atoms with van der Waals surface area (Å²) in [5.74, 6) is -2.47. The van der Waals surface area contributed by atoms with Crippen LogP contribution in [0.1, 0.15) is 5.56 Å². The molecule has 1 aromatic rings. The number of amidine groups is 1. The van der Waals surface area contributed by atoms with Gasteiger partial charge in [0.2, 0.25) is 0 Å². The van der Waals surface area contributed by atoms with E-state index in [1.807, 2.05) is 11.8 Å². The van der Waals surface area contributed by atoms with Crippen molar-refractivity contribution in [2.75, 3.05) is 31.6 Å². The summed E-state index contributed by atoms with van der Waals surface area (Å²) in [6.07, 6.45) is 0. The number of aryl methyl sites for hydroxylation is 1. The number of anilines is 1. The third-order valence-corrected chi connectivity index (χ3v) is 4.68. The summed E-state index contributed by atoms with van der Waals surface area (Å²) in [5, 5.41) is 18.6. The van der Waals surface area contributed by atoms with E-state index in [0.717, 1.165) is 19.6 Å². The van der Waals surface area contributed by atoms with E-state index < -0.39 is 11.9 Å². The van der Waals surface area contributed by atoms with Gasteiger partial charge in [0.15, 0.2) is 0 Å². The molecule has 1 aromatic carbocycles. The van der Waals surface area contributed by atoms with Crippen LogP contribution in [-0.2, 0) is 9.59 Å². The minimum Gasteiger partial charge on any atom is -0.473 e. The fraction of sp³-hybridized carbons (Fsp3) is 0.400. The Morgan fingerprint density at radius 3 is 2.61 bits per heavy atom. The molecule has 0 aliphatic carbocycles. The maximum atomic E-state index is 9.10. The second-order valence-electron chi connectivity index (χ2n) is 5.26. The zero-order valence-corrected chi connectivity index (χ0v) is 13.8. The smallest absolute Gasteiger partial charge is 0.414 e. The van der Waals surface area contributed by atoms with Crippen molar-refractivity contribution in [3.63, 3.8) is 0 Å². The molecule has 8 heteroatoms. The first-order valence-electron chi connectivity index (χ1n) is 7.11. The van der Waals surface area contributed by atoms with E-state index in [4.69, 9.17) is 19.8 Å². The summed E-state index contributed by atoms with van der Waals surface area (Å²) in [4.78, 5) is 26.4. The fourth-order valence-corrected chi connectivity index (χ4v) is 3.69. The van der Waals surface area contributed by atoms with Gasteiger partial charge in [0.1, 0.15) is 5.84 Å². The van der Waals surface area contributed by atoms with Crippen LogP contribution in [0.5, 0.6) is 0 Å². The Morgan fingerprint density at radius 1 is 1.35 bits per heavy atom. The molecule has 0 aromatic heterocycles. The number of carboxylic acid groups (broad SMARTS) is 2. The van der Waals surface area contributed by atoms with E-state index >= 15 is 0 Å². The zero-order valence-electron chi connectivity index (χ0n) is 12.9. The van der Waals surface area contributed by atoms with Gasteiger partial charge in [-0.15, -0.1) is 11.8 Å². The van der Waals surface area contributed by atoms with E-state index in [0.29, 0.717) is 5.25 Å². The number of nitrogens with one attached hydrogen (secondary N) is 1. The number of benzene rings is 1. The Bertz CT molecular complexity index is 636. The van der Waals surface area contributed by atoms with Gasteiger partial charge in [-0.25, -0.2) is 9.59 Å². The highest BCUT2D eigenvalue weighted by Gasteiger charge is 2.27. The summed E-state index contributed by atoms with van der Waals surface area (Å²) in [6.45, 7) is 5.11. The molecular weight excluding hydrogens is 318 g/mol. The molecule has 7 nitrogen and oxygen atoms in total. The highest BCUT2D eigenvalue weighted by molar-refractivity contribution is 8.01. The third-order valence-electron chi connectivity index (χ3n) is 3.42. The van der Waals surface area contributed by atoms with Gasteiger partial charge in [0, 0.05) is 25.0 Å². The molecule has 2 heterocycles. The summed E-state index contributed by atoms with van der Waals surface area (Å²) in [6, 6.07) is 6.68. The first-order chi connectivity index (χ1) is 10.9. The minimum absolute atomic E-state index is 0.456. The van der Waals surface area contributed by atoms with Crippen LogP contribution in [0.3, 0.4) is 0 Å². The molecule has 2 aliphatic heterocycles. The lowest BCUT2D eigenvalue weighted by molar-refractivity contribution is -0.159. The lowest BCUT2D eigenvalue weighted by Gasteiger charge is -2.33. The molecule has 0 bridgehead atoms. The van der Waals surface area contributed by atoms with E-state index in [1.165, 1.54) is 22.0 Å². The normalized spacial score (nSPS) is 19.0. The zero-order chi connectivity index (χ0) is 17.0. The van der Waals surface area contributed by atoms with Gasteiger partial charge in [-0.2, -0.15) is 0 Å². The van der Waals surface area contributed by atoms with Crippen molar-refractivity contribution < 1.29 is 19.8 Å². The number of carbonyl (C=O) groups is 2. The topological polar surface area (TPSA) is 102 Å². The van der Waals surface area contributed by atoms with Crippen molar-refractivity contribution in [1.82, 2.24) is 5.32 Å². The lowest BCUT2D eigenvalue weighted by Crippen LogP contribution is -2.40. The Morgan fingerprint density at radius 2 is 2.04 bits per heavy atom. The van der Waals surface area contributed by atoms with E-state index in [2.05, 4.69) is 47.4 Å². The molecule has 23 heavy (non-hydrogen) atoms. The molecule has 3 N–H and O–H groups in total. The number of hydrogen-bond acceptors (Lipinski definition) is 6. The number of nitrogens with zero attached hydrogens (tertiary/aromatic N) is 2. The number of carboxylic acids is 2. The molecule has 0 fully saturated rings. The molecule has 3 rings (SSSR count). The molecular formula is C15H19N3O4S. The van der Waals surface area contributed by atoms with Crippen LogP contribution in [0.25, 0.3) is 0 Å². The van der Waals surface area contributed by atoms with Gasteiger partial charge in [0.05, 0.1) is 17.5 Å². The Kier molecular flexibility index (Phi) is 5.49. The second-order valence-corrected chi connectivity index (χ2v) is 6.51. The first kappa shape index (κ1) is 17.1. The third kappa shape index (κ3) is 4.38. The van der Waals surface area contributed by atoms with Crippen LogP contribution in [-0.4, -0.2) is 59.9 Å². The monoisotopic (exact) mass is 337 g/mol. The molecule has 0 spiro atoms. The fourth-order valence-electron chi connectivity index (χ4n) is 2.34. The van der Waals surface area contributed by atoms with Crippen LogP contribution in [0.15, 0.2) is 28.1 Å². The van der Waals surface area contributed by atoms with E-state index in [9.17, 15) is 0 Å². The van der Waals surface area contributed by atoms with Crippen molar-refractivity contribution in [2.45, 2.75) is 17.1 Å². The van der Waals surface area contributed by atoms with Gasteiger partial charge in [0.25, 0.3) is 0 Å². The molecule has 124 valence electrons.